The van der Waals surface area contributed by atoms with Crippen molar-refractivity contribution in [1.82, 2.24) is 0 Å². The van der Waals surface area contributed by atoms with Gasteiger partial charge >= 0.3 is 0 Å². The van der Waals surface area contributed by atoms with Crippen LogP contribution in [0.4, 0.5) is 0 Å². The van der Waals surface area contributed by atoms with Crippen molar-refractivity contribution in [3.63, 3.8) is 0 Å². The van der Waals surface area contributed by atoms with Crippen molar-refractivity contribution < 1.29 is 9.59 Å². The number of thioether (sulfide) groups is 2. The van der Waals surface area contributed by atoms with Crippen molar-refractivity contribution in [2.45, 2.75) is 13.8 Å². The van der Waals surface area contributed by atoms with Crippen LogP contribution >= 0.6 is 39.5 Å². The van der Waals surface area contributed by atoms with Crippen LogP contribution in [0.1, 0.15) is 13.8 Å². The lowest BCUT2D eigenvalue weighted by Gasteiger charge is -2.02. The Morgan fingerprint density at radius 3 is 2.29 bits per heavy atom. The maximum atomic E-state index is 11.2. The quantitative estimate of drug-likeness (QED) is 0.346. The standard InChI is InChI=1S/C9H9BrO2S2/c1-5(11)8(6(2)12)9-13-4-7(3-10)14-9/h4H,3H2,1-2H3. The van der Waals surface area contributed by atoms with Gasteiger partial charge in [-0.3, -0.25) is 9.59 Å². The van der Waals surface area contributed by atoms with E-state index in [1.54, 1.807) is 0 Å². The average molecular weight is 293 g/mol. The average Bonchev–Trinajstić information content (AvgIpc) is 2.51. The van der Waals surface area contributed by atoms with Crippen molar-refractivity contribution in [1.29, 1.82) is 0 Å². The number of allylic oxidation sites excluding steroid dienone is 2. The molecule has 1 rings (SSSR count). The summed E-state index contributed by atoms with van der Waals surface area (Å²) in [7, 11) is 0. The molecule has 0 bridgehead atoms. The molecule has 0 spiro atoms. The van der Waals surface area contributed by atoms with E-state index in [9.17, 15) is 9.59 Å². The first kappa shape index (κ1) is 12.1. The molecule has 0 aromatic carbocycles. The van der Waals surface area contributed by atoms with Crippen LogP contribution in [-0.2, 0) is 9.59 Å². The Bertz CT molecular complexity index is 329. The monoisotopic (exact) mass is 292 g/mol. The molecule has 14 heavy (non-hydrogen) atoms. The number of carbonyl (C=O) groups excluding carboxylic acids is 2. The summed E-state index contributed by atoms with van der Waals surface area (Å²) in [5.74, 6) is -0.312. The summed E-state index contributed by atoms with van der Waals surface area (Å²) in [5.41, 5.74) is 0.326. The molecule has 5 heteroatoms. The van der Waals surface area contributed by atoms with Gasteiger partial charge in [0.1, 0.15) is 0 Å². The third kappa shape index (κ3) is 2.74. The molecule has 0 aromatic heterocycles. The summed E-state index contributed by atoms with van der Waals surface area (Å²) in [6, 6.07) is 0. The van der Waals surface area contributed by atoms with Crippen LogP contribution in [0.25, 0.3) is 0 Å². The second-order valence-electron chi connectivity index (χ2n) is 2.71. The van der Waals surface area contributed by atoms with Gasteiger partial charge in [-0.2, -0.15) is 0 Å². The lowest BCUT2D eigenvalue weighted by Crippen LogP contribution is -2.07. The number of halogens is 1. The molecule has 0 unspecified atom stereocenters. The second kappa shape index (κ2) is 5.19. The van der Waals surface area contributed by atoms with Gasteiger partial charge in [0, 0.05) is 10.2 Å². The van der Waals surface area contributed by atoms with Crippen molar-refractivity contribution in [3.8, 4) is 0 Å². The molecule has 1 aliphatic heterocycles. The van der Waals surface area contributed by atoms with E-state index in [1.165, 1.54) is 37.4 Å². The van der Waals surface area contributed by atoms with E-state index in [2.05, 4.69) is 15.9 Å². The fourth-order valence-corrected chi connectivity index (χ4v) is 4.11. The van der Waals surface area contributed by atoms with Gasteiger partial charge in [0.2, 0.25) is 0 Å². The van der Waals surface area contributed by atoms with E-state index >= 15 is 0 Å². The number of Topliss-reactive ketones (excluding diaryl/α,β-unsaturated/α-hetero) is 2. The smallest absolute Gasteiger partial charge is 0.165 e. The molecule has 0 saturated carbocycles. The number of alkyl halides is 1. The minimum absolute atomic E-state index is 0.156. The first-order valence-electron chi connectivity index (χ1n) is 3.92. The van der Waals surface area contributed by atoms with Crippen molar-refractivity contribution >= 4 is 51.0 Å². The van der Waals surface area contributed by atoms with Crippen LogP contribution in [0.5, 0.6) is 0 Å². The van der Waals surface area contributed by atoms with Crippen LogP contribution in [0.3, 0.4) is 0 Å². The predicted molar refractivity (Wildman–Crippen MR) is 65.4 cm³/mol. The Balaban J connectivity index is 2.95. The van der Waals surface area contributed by atoms with Gasteiger partial charge < -0.3 is 0 Å². The fraction of sp³-hybridized carbons (Fsp3) is 0.333. The SMILES string of the molecule is CC(=O)C(C(C)=O)=C1SC=C(CBr)S1. The number of hydrogen-bond donors (Lipinski definition) is 0. The molecule has 1 heterocycles. The zero-order valence-electron chi connectivity index (χ0n) is 7.80. The van der Waals surface area contributed by atoms with E-state index in [-0.39, 0.29) is 11.6 Å². The van der Waals surface area contributed by atoms with Crippen LogP contribution in [0.2, 0.25) is 0 Å². The molecule has 0 saturated heterocycles. The van der Waals surface area contributed by atoms with Crippen LogP contribution in [0.15, 0.2) is 20.1 Å². The van der Waals surface area contributed by atoms with Crippen LogP contribution in [0, 0.1) is 0 Å². The molecule has 0 amide bonds. The molecule has 0 fully saturated rings. The van der Waals surface area contributed by atoms with Crippen molar-refractivity contribution in [2.75, 3.05) is 5.33 Å². The zero-order chi connectivity index (χ0) is 10.7. The number of hydrogen-bond acceptors (Lipinski definition) is 4. The number of rotatable bonds is 3. The van der Waals surface area contributed by atoms with E-state index in [0.29, 0.717) is 5.57 Å². The Hall–Kier alpha value is -0.000000000000000111. The van der Waals surface area contributed by atoms with Gasteiger partial charge in [0.15, 0.2) is 11.6 Å². The first-order valence-corrected chi connectivity index (χ1v) is 6.73. The Morgan fingerprint density at radius 2 is 1.93 bits per heavy atom. The Morgan fingerprint density at radius 1 is 1.36 bits per heavy atom. The minimum atomic E-state index is -0.156. The highest BCUT2D eigenvalue weighted by atomic mass is 79.9. The normalized spacial score (nSPS) is 15.4. The molecule has 0 radical (unpaired) electrons. The summed E-state index contributed by atoms with van der Waals surface area (Å²) in [6.07, 6.45) is 0. The summed E-state index contributed by atoms with van der Waals surface area (Å²) in [4.78, 5) is 23.6. The molecule has 0 atom stereocenters. The maximum Gasteiger partial charge on any atom is 0.165 e. The van der Waals surface area contributed by atoms with E-state index in [4.69, 9.17) is 0 Å². The van der Waals surface area contributed by atoms with E-state index in [0.717, 1.165) is 14.5 Å². The molecular weight excluding hydrogens is 284 g/mol. The number of ketones is 2. The highest BCUT2D eigenvalue weighted by Crippen LogP contribution is 2.46. The molecular formula is C9H9BrO2S2. The van der Waals surface area contributed by atoms with Gasteiger partial charge in [-0.05, 0) is 19.3 Å². The molecule has 2 nitrogen and oxygen atoms in total. The molecule has 76 valence electrons. The van der Waals surface area contributed by atoms with Crippen molar-refractivity contribution in [2.24, 2.45) is 0 Å². The van der Waals surface area contributed by atoms with Gasteiger partial charge in [0.05, 0.1) is 9.81 Å². The van der Waals surface area contributed by atoms with Crippen LogP contribution < -0.4 is 0 Å². The summed E-state index contributed by atoms with van der Waals surface area (Å²) in [5, 5.41) is 2.72. The van der Waals surface area contributed by atoms with Crippen molar-refractivity contribution in [3.05, 3.63) is 20.1 Å². The Labute approximate surface area is 99.7 Å². The first-order chi connectivity index (χ1) is 6.56. The topological polar surface area (TPSA) is 34.1 Å². The van der Waals surface area contributed by atoms with Gasteiger partial charge in [0.25, 0.3) is 0 Å². The lowest BCUT2D eigenvalue weighted by molar-refractivity contribution is -0.119. The third-order valence-electron chi connectivity index (χ3n) is 1.56. The predicted octanol–water partition coefficient (Wildman–Crippen LogP) is 3.09. The zero-order valence-corrected chi connectivity index (χ0v) is 11.0. The maximum absolute atomic E-state index is 11.2. The molecule has 0 aliphatic carbocycles. The summed E-state index contributed by atoms with van der Waals surface area (Å²) >= 11 is 6.27. The lowest BCUT2D eigenvalue weighted by atomic mass is 10.1. The summed E-state index contributed by atoms with van der Waals surface area (Å²) in [6.45, 7) is 2.86. The minimum Gasteiger partial charge on any atom is -0.294 e. The van der Waals surface area contributed by atoms with Crippen LogP contribution in [-0.4, -0.2) is 16.9 Å². The van der Waals surface area contributed by atoms with E-state index in [1.807, 2.05) is 5.41 Å². The van der Waals surface area contributed by atoms with Gasteiger partial charge in [-0.15, -0.1) is 0 Å². The number of carbonyl (C=O) groups is 2. The molecule has 0 N–H and O–H groups in total. The highest BCUT2D eigenvalue weighted by molar-refractivity contribution is 9.09. The Kier molecular flexibility index (Phi) is 4.47. The molecule has 0 aromatic rings. The summed E-state index contributed by atoms with van der Waals surface area (Å²) < 4.78 is 0.805. The van der Waals surface area contributed by atoms with Gasteiger partial charge in [-0.1, -0.05) is 39.5 Å². The fourth-order valence-electron chi connectivity index (χ4n) is 0.991. The highest BCUT2D eigenvalue weighted by Gasteiger charge is 2.21. The van der Waals surface area contributed by atoms with Gasteiger partial charge in [-0.25, -0.2) is 0 Å². The molecule has 1 aliphatic rings. The van der Waals surface area contributed by atoms with E-state index < -0.39 is 0 Å². The second-order valence-corrected chi connectivity index (χ2v) is 5.55. The largest absolute Gasteiger partial charge is 0.294 e. The third-order valence-corrected chi connectivity index (χ3v) is 4.96.